The van der Waals surface area contributed by atoms with Gasteiger partial charge in [0.1, 0.15) is 0 Å². The van der Waals surface area contributed by atoms with Crippen molar-refractivity contribution in [3.63, 3.8) is 0 Å². The fourth-order valence-electron chi connectivity index (χ4n) is 3.56. The number of hydrogen-bond acceptors (Lipinski definition) is 5. The van der Waals surface area contributed by atoms with Gasteiger partial charge in [0.25, 0.3) is 0 Å². The summed E-state index contributed by atoms with van der Waals surface area (Å²) in [5.41, 5.74) is -0.553. The van der Waals surface area contributed by atoms with Crippen molar-refractivity contribution >= 4 is 11.9 Å². The molecular weight excluding hydrogens is 322 g/mol. The van der Waals surface area contributed by atoms with Crippen LogP contribution in [0.4, 0.5) is 0 Å². The highest BCUT2D eigenvalue weighted by Gasteiger charge is 2.34. The second kappa shape index (κ2) is 8.33. The highest BCUT2D eigenvalue weighted by molar-refractivity contribution is 5.80. The van der Waals surface area contributed by atoms with E-state index in [0.717, 1.165) is 51.4 Å². The van der Waals surface area contributed by atoms with Crippen molar-refractivity contribution < 1.29 is 14.6 Å². The predicted molar refractivity (Wildman–Crippen MR) is 95.6 cm³/mol. The molecule has 1 saturated carbocycles. The first-order valence-corrected chi connectivity index (χ1v) is 9.35. The van der Waals surface area contributed by atoms with Crippen LogP contribution in [-0.2, 0) is 9.53 Å². The maximum absolute atomic E-state index is 12.3. The number of morpholine rings is 1. The van der Waals surface area contributed by atoms with Crippen molar-refractivity contribution in [2.75, 3.05) is 72.6 Å². The molecule has 0 spiro atoms. The number of hydrogen-bond donors (Lipinski definition) is 2. The van der Waals surface area contributed by atoms with Crippen LogP contribution in [0.5, 0.6) is 0 Å². The summed E-state index contributed by atoms with van der Waals surface area (Å²) in [6.07, 6.45) is 2.84. The standard InChI is InChI=1S/C17H31N5O3/c1-18-16(19-14-17(24)3-2-4-17)22-7-5-20(6-8-22)13-15(23)21-9-11-25-12-10-21/h24H,2-14H2,1H3,(H,18,19). The van der Waals surface area contributed by atoms with Crippen molar-refractivity contribution in [3.05, 3.63) is 0 Å². The minimum atomic E-state index is -0.553. The largest absolute Gasteiger partial charge is 0.388 e. The topological polar surface area (TPSA) is 80.6 Å². The number of rotatable bonds is 4. The Balaban J connectivity index is 1.40. The zero-order valence-electron chi connectivity index (χ0n) is 15.2. The zero-order valence-corrected chi connectivity index (χ0v) is 15.2. The number of guanidine groups is 1. The molecule has 0 atom stereocenters. The van der Waals surface area contributed by atoms with E-state index in [1.54, 1.807) is 7.05 Å². The van der Waals surface area contributed by atoms with Gasteiger partial charge in [-0.3, -0.25) is 14.7 Å². The SMILES string of the molecule is CN=C(NCC1(O)CCC1)N1CCN(CC(=O)N2CCOCC2)CC1. The highest BCUT2D eigenvalue weighted by atomic mass is 16.5. The van der Waals surface area contributed by atoms with Crippen LogP contribution in [0.3, 0.4) is 0 Å². The third-order valence-electron chi connectivity index (χ3n) is 5.47. The van der Waals surface area contributed by atoms with Gasteiger partial charge >= 0.3 is 0 Å². The van der Waals surface area contributed by atoms with Crippen molar-refractivity contribution in [2.24, 2.45) is 4.99 Å². The molecule has 3 aliphatic rings. The first-order valence-electron chi connectivity index (χ1n) is 9.35. The Morgan fingerprint density at radius 3 is 2.36 bits per heavy atom. The Bertz CT molecular complexity index is 481. The smallest absolute Gasteiger partial charge is 0.236 e. The van der Waals surface area contributed by atoms with Crippen LogP contribution >= 0.6 is 0 Å². The number of aliphatic hydroxyl groups is 1. The Morgan fingerprint density at radius 2 is 1.80 bits per heavy atom. The summed E-state index contributed by atoms with van der Waals surface area (Å²) in [6, 6.07) is 0. The summed E-state index contributed by atoms with van der Waals surface area (Å²) >= 11 is 0. The van der Waals surface area contributed by atoms with Crippen LogP contribution in [0.1, 0.15) is 19.3 Å². The molecule has 8 nitrogen and oxygen atoms in total. The van der Waals surface area contributed by atoms with Crippen molar-refractivity contribution in [1.29, 1.82) is 0 Å². The maximum Gasteiger partial charge on any atom is 0.236 e. The summed E-state index contributed by atoms with van der Waals surface area (Å²) in [5.74, 6) is 1.05. The van der Waals surface area contributed by atoms with Crippen LogP contribution in [0.2, 0.25) is 0 Å². The first-order chi connectivity index (χ1) is 12.1. The summed E-state index contributed by atoms with van der Waals surface area (Å²) in [6.45, 7) is 7.14. The second-order valence-electron chi connectivity index (χ2n) is 7.24. The lowest BCUT2D eigenvalue weighted by atomic mass is 9.80. The fourth-order valence-corrected chi connectivity index (χ4v) is 3.56. The van der Waals surface area contributed by atoms with Gasteiger partial charge in [0.15, 0.2) is 5.96 Å². The average molecular weight is 353 g/mol. The molecule has 1 aliphatic carbocycles. The third-order valence-corrected chi connectivity index (χ3v) is 5.47. The van der Waals surface area contributed by atoms with Gasteiger partial charge in [-0.05, 0) is 19.3 Å². The molecular formula is C17H31N5O3. The molecule has 2 heterocycles. The quantitative estimate of drug-likeness (QED) is 0.496. The molecule has 2 saturated heterocycles. The van der Waals surface area contributed by atoms with E-state index in [4.69, 9.17) is 4.74 Å². The molecule has 25 heavy (non-hydrogen) atoms. The summed E-state index contributed by atoms with van der Waals surface area (Å²) in [5, 5.41) is 13.5. The van der Waals surface area contributed by atoms with Gasteiger partial charge in [0, 0.05) is 52.9 Å². The normalized spacial score (nSPS) is 24.8. The van der Waals surface area contributed by atoms with Crippen molar-refractivity contribution in [3.8, 4) is 0 Å². The van der Waals surface area contributed by atoms with E-state index in [2.05, 4.69) is 20.1 Å². The van der Waals surface area contributed by atoms with Crippen molar-refractivity contribution in [1.82, 2.24) is 20.0 Å². The molecule has 0 bridgehead atoms. The number of nitrogens with zero attached hydrogens (tertiary/aromatic N) is 4. The summed E-state index contributed by atoms with van der Waals surface area (Å²) in [4.78, 5) is 23.0. The van der Waals surface area contributed by atoms with Crippen LogP contribution in [0.15, 0.2) is 4.99 Å². The molecule has 142 valence electrons. The highest BCUT2D eigenvalue weighted by Crippen LogP contribution is 2.30. The summed E-state index contributed by atoms with van der Waals surface area (Å²) in [7, 11) is 1.78. The Kier molecular flexibility index (Phi) is 6.14. The van der Waals surface area contributed by atoms with E-state index < -0.39 is 5.60 Å². The van der Waals surface area contributed by atoms with E-state index in [9.17, 15) is 9.90 Å². The molecule has 0 radical (unpaired) electrons. The first kappa shape index (κ1) is 18.4. The molecule has 2 aliphatic heterocycles. The van der Waals surface area contributed by atoms with Gasteiger partial charge < -0.3 is 25.0 Å². The molecule has 0 aromatic rings. The van der Waals surface area contributed by atoms with Crippen molar-refractivity contribution in [2.45, 2.75) is 24.9 Å². The molecule has 0 aromatic carbocycles. The Morgan fingerprint density at radius 1 is 1.12 bits per heavy atom. The van der Waals surface area contributed by atoms with Crippen LogP contribution in [-0.4, -0.2) is 110 Å². The second-order valence-corrected chi connectivity index (χ2v) is 7.24. The number of carbonyl (C=O) groups is 1. The van der Waals surface area contributed by atoms with Crippen LogP contribution in [0, 0.1) is 0 Å². The van der Waals surface area contributed by atoms with Crippen LogP contribution in [0.25, 0.3) is 0 Å². The predicted octanol–water partition coefficient (Wildman–Crippen LogP) is -1.05. The zero-order chi connectivity index (χ0) is 17.7. The number of nitrogens with one attached hydrogen (secondary N) is 1. The Labute approximate surface area is 149 Å². The van der Waals surface area contributed by atoms with E-state index in [-0.39, 0.29) is 5.91 Å². The molecule has 8 heteroatoms. The lowest BCUT2D eigenvalue weighted by molar-refractivity contribution is -0.136. The maximum atomic E-state index is 12.3. The lowest BCUT2D eigenvalue weighted by Crippen LogP contribution is -2.57. The molecule has 0 unspecified atom stereocenters. The number of aliphatic imine (C=N–C) groups is 1. The fraction of sp³-hybridized carbons (Fsp3) is 0.882. The van der Waals surface area contributed by atoms with E-state index in [1.807, 2.05) is 4.90 Å². The molecule has 3 rings (SSSR count). The Hall–Kier alpha value is -1.38. The van der Waals surface area contributed by atoms with E-state index in [0.29, 0.717) is 39.4 Å². The van der Waals surface area contributed by atoms with Crippen LogP contribution < -0.4 is 5.32 Å². The molecule has 1 amide bonds. The molecule has 2 N–H and O–H groups in total. The van der Waals surface area contributed by atoms with Gasteiger partial charge in [-0.25, -0.2) is 0 Å². The monoisotopic (exact) mass is 353 g/mol. The number of amides is 1. The van der Waals surface area contributed by atoms with Gasteiger partial charge in [-0.1, -0.05) is 0 Å². The summed E-state index contributed by atoms with van der Waals surface area (Å²) < 4.78 is 5.30. The van der Waals surface area contributed by atoms with Gasteiger partial charge in [-0.2, -0.15) is 0 Å². The van der Waals surface area contributed by atoms with Gasteiger partial charge in [0.05, 0.1) is 25.4 Å². The van der Waals surface area contributed by atoms with E-state index >= 15 is 0 Å². The minimum absolute atomic E-state index is 0.200. The lowest BCUT2D eigenvalue weighted by Gasteiger charge is -2.40. The molecule has 0 aromatic heterocycles. The van der Waals surface area contributed by atoms with E-state index in [1.165, 1.54) is 0 Å². The molecule has 3 fully saturated rings. The minimum Gasteiger partial charge on any atom is -0.388 e. The number of ether oxygens (including phenoxy) is 1. The third kappa shape index (κ3) is 4.83. The number of carbonyl (C=O) groups excluding carboxylic acids is 1. The van der Waals surface area contributed by atoms with Gasteiger partial charge in [0.2, 0.25) is 5.91 Å². The average Bonchev–Trinajstić information content (AvgIpc) is 2.62. The number of piperazine rings is 1. The van der Waals surface area contributed by atoms with Gasteiger partial charge in [-0.15, -0.1) is 0 Å².